The third-order valence-corrected chi connectivity index (χ3v) is 2.68. The molecule has 0 aromatic heterocycles. The van der Waals surface area contributed by atoms with Gasteiger partial charge in [0.2, 0.25) is 0 Å². The van der Waals surface area contributed by atoms with Crippen LogP contribution in [-0.2, 0) is 2.14 Å². The number of nitrogen functional groups attached to an aromatic ring is 2. The average Bonchev–Trinajstić information content (AvgIpc) is 1.82. The third kappa shape index (κ3) is 2.64. The molecule has 0 aliphatic rings. The zero-order valence-electron chi connectivity index (χ0n) is 6.02. The van der Waals surface area contributed by atoms with E-state index < -0.39 is 2.14 Å². The lowest BCUT2D eigenvalue weighted by Gasteiger charge is -2.13. The van der Waals surface area contributed by atoms with Gasteiger partial charge in [-0.05, 0) is 23.8 Å². The minimum Gasteiger partial charge on any atom is -0.399 e. The van der Waals surface area contributed by atoms with Gasteiger partial charge in [0.25, 0.3) is 0 Å². The lowest BCUT2D eigenvalue weighted by Crippen LogP contribution is -2.01. The monoisotopic (exact) mass is 356 g/mol. The van der Waals surface area contributed by atoms with Crippen LogP contribution in [0.5, 0.6) is 0 Å². The van der Waals surface area contributed by atoms with Crippen molar-refractivity contribution in [2.75, 3.05) is 11.5 Å². The van der Waals surface area contributed by atoms with Crippen LogP contribution < -0.4 is 11.5 Å². The predicted molar refractivity (Wildman–Crippen MR) is 63.7 cm³/mol. The molecule has 2 nitrogen and oxygen atoms in total. The summed E-state index contributed by atoms with van der Waals surface area (Å²) in [5.41, 5.74) is 13.4. The number of hydrogen-bond donors (Lipinski definition) is 2. The van der Waals surface area contributed by atoms with Crippen LogP contribution in [0, 0.1) is 0 Å². The molecule has 66 valence electrons. The third-order valence-electron chi connectivity index (χ3n) is 1.30. The summed E-state index contributed by atoms with van der Waals surface area (Å²) in [4.78, 5) is 0. The summed E-state index contributed by atoms with van der Waals surface area (Å²) in [6.45, 7) is 0. The number of rotatable bonds is 0. The highest BCUT2D eigenvalue weighted by atomic mass is 80.0. The number of hydrogen-bond acceptors (Lipinski definition) is 2. The average molecular weight is 359 g/mol. The summed E-state index contributed by atoms with van der Waals surface area (Å²) >= 11 is 10.1. The molecule has 4 N–H and O–H groups in total. The van der Waals surface area contributed by atoms with Crippen molar-refractivity contribution in [1.82, 2.24) is 0 Å². The summed E-state index contributed by atoms with van der Waals surface area (Å²) in [5.74, 6) is 0. The highest BCUT2D eigenvalue weighted by Crippen LogP contribution is 2.45. The van der Waals surface area contributed by atoms with E-state index in [9.17, 15) is 0 Å². The van der Waals surface area contributed by atoms with Gasteiger partial charge < -0.3 is 11.5 Å². The first kappa shape index (κ1) is 10.3. The maximum Gasteiger partial charge on any atom is 0.160 e. The maximum absolute atomic E-state index is 5.61. The van der Waals surface area contributed by atoms with E-state index in [4.69, 9.17) is 11.5 Å². The van der Waals surface area contributed by atoms with Crippen molar-refractivity contribution in [1.29, 1.82) is 0 Å². The van der Waals surface area contributed by atoms with Crippen LogP contribution in [0.1, 0.15) is 5.56 Å². The zero-order chi connectivity index (χ0) is 9.35. The van der Waals surface area contributed by atoms with Gasteiger partial charge in [0, 0.05) is 11.4 Å². The molecule has 0 saturated heterocycles. The molecule has 0 aliphatic heterocycles. The van der Waals surface area contributed by atoms with Gasteiger partial charge in [-0.25, -0.2) is 0 Å². The van der Waals surface area contributed by atoms with Crippen molar-refractivity contribution in [3.63, 3.8) is 0 Å². The molecule has 0 amide bonds. The van der Waals surface area contributed by atoms with Gasteiger partial charge >= 0.3 is 0 Å². The molecular formula is C7H7Br3N2. The van der Waals surface area contributed by atoms with Crippen LogP contribution in [0.15, 0.2) is 18.2 Å². The molecule has 1 rings (SSSR count). The molecule has 0 unspecified atom stereocenters. The molecule has 12 heavy (non-hydrogen) atoms. The predicted octanol–water partition coefficient (Wildman–Crippen LogP) is 3.15. The smallest absolute Gasteiger partial charge is 0.160 e. The van der Waals surface area contributed by atoms with Gasteiger partial charge in [-0.2, -0.15) is 0 Å². The summed E-state index contributed by atoms with van der Waals surface area (Å²) in [5, 5.41) is 0. The molecule has 0 spiro atoms. The molecule has 0 radical (unpaired) electrons. The molecule has 0 saturated carbocycles. The quantitative estimate of drug-likeness (QED) is 0.553. The summed E-state index contributed by atoms with van der Waals surface area (Å²) in [6.07, 6.45) is 0. The topological polar surface area (TPSA) is 52.0 Å². The van der Waals surface area contributed by atoms with Gasteiger partial charge in [-0.3, -0.25) is 0 Å². The Balaban J connectivity index is 3.18. The summed E-state index contributed by atoms with van der Waals surface area (Å²) in [7, 11) is 0. The van der Waals surface area contributed by atoms with Crippen molar-refractivity contribution < 1.29 is 0 Å². The Bertz CT molecular complexity index is 273. The molecule has 5 heteroatoms. The molecule has 0 aliphatic carbocycles. The minimum absolute atomic E-state index is 0.448. The first-order valence-corrected chi connectivity index (χ1v) is 5.51. The fraction of sp³-hybridized carbons (Fsp3) is 0.143. The van der Waals surface area contributed by atoms with Gasteiger partial charge in [-0.1, -0.05) is 47.8 Å². The Hall–Kier alpha value is 0.260. The van der Waals surface area contributed by atoms with Crippen molar-refractivity contribution in [3.05, 3.63) is 23.8 Å². The highest BCUT2D eigenvalue weighted by molar-refractivity contribution is 9.38. The molecule has 1 aromatic rings. The first-order valence-electron chi connectivity index (χ1n) is 3.13. The van der Waals surface area contributed by atoms with Crippen LogP contribution in [0.25, 0.3) is 0 Å². The number of alkyl halides is 3. The Morgan fingerprint density at radius 2 is 1.33 bits per heavy atom. The van der Waals surface area contributed by atoms with E-state index >= 15 is 0 Å². The van der Waals surface area contributed by atoms with E-state index in [1.165, 1.54) is 0 Å². The van der Waals surface area contributed by atoms with Crippen LogP contribution in [0.2, 0.25) is 0 Å². The fourth-order valence-corrected chi connectivity index (χ4v) is 1.53. The van der Waals surface area contributed by atoms with Crippen LogP contribution in [0.4, 0.5) is 11.4 Å². The van der Waals surface area contributed by atoms with E-state index in [1.807, 2.05) is 12.1 Å². The molecule has 1 aromatic carbocycles. The van der Waals surface area contributed by atoms with Crippen LogP contribution in [-0.4, -0.2) is 0 Å². The second-order valence-electron chi connectivity index (χ2n) is 2.39. The number of anilines is 2. The van der Waals surface area contributed by atoms with Gasteiger partial charge in [0.15, 0.2) is 2.14 Å². The van der Waals surface area contributed by atoms with E-state index in [1.54, 1.807) is 6.07 Å². The van der Waals surface area contributed by atoms with Crippen molar-refractivity contribution in [2.24, 2.45) is 0 Å². The second-order valence-corrected chi connectivity index (χ2v) is 9.15. The summed E-state index contributed by atoms with van der Waals surface area (Å²) < 4.78 is -0.448. The maximum atomic E-state index is 5.61. The fourth-order valence-electron chi connectivity index (χ4n) is 0.840. The molecular weight excluding hydrogens is 352 g/mol. The van der Waals surface area contributed by atoms with Gasteiger partial charge in [0.1, 0.15) is 0 Å². The highest BCUT2D eigenvalue weighted by Gasteiger charge is 2.21. The van der Waals surface area contributed by atoms with Gasteiger partial charge in [0.05, 0.1) is 0 Å². The summed E-state index contributed by atoms with van der Waals surface area (Å²) in [6, 6.07) is 5.37. The molecule has 0 atom stereocenters. The zero-order valence-corrected chi connectivity index (χ0v) is 10.8. The number of nitrogens with two attached hydrogens (primary N) is 2. The Kier molecular flexibility index (Phi) is 3.06. The Morgan fingerprint density at radius 1 is 0.917 bits per heavy atom. The normalized spacial score (nSPS) is 11.6. The van der Waals surface area contributed by atoms with Crippen LogP contribution in [0.3, 0.4) is 0 Å². The van der Waals surface area contributed by atoms with Crippen LogP contribution >= 0.6 is 47.8 Å². The molecule has 0 bridgehead atoms. The van der Waals surface area contributed by atoms with E-state index in [-0.39, 0.29) is 0 Å². The molecule has 0 heterocycles. The van der Waals surface area contributed by atoms with Crippen molar-refractivity contribution in [2.45, 2.75) is 2.14 Å². The largest absolute Gasteiger partial charge is 0.399 e. The van der Waals surface area contributed by atoms with Crippen molar-refractivity contribution in [3.8, 4) is 0 Å². The second kappa shape index (κ2) is 3.55. The number of benzene rings is 1. The van der Waals surface area contributed by atoms with Crippen molar-refractivity contribution >= 4 is 59.2 Å². The Labute approximate surface area is 96.1 Å². The lowest BCUT2D eigenvalue weighted by atomic mass is 10.2. The van der Waals surface area contributed by atoms with E-state index in [2.05, 4.69) is 47.8 Å². The first-order chi connectivity index (χ1) is 5.39. The number of halogens is 3. The minimum atomic E-state index is -0.448. The Morgan fingerprint density at radius 3 is 1.67 bits per heavy atom. The molecule has 0 fully saturated rings. The SMILES string of the molecule is Nc1cc(N)cc(C(Br)(Br)Br)c1. The van der Waals surface area contributed by atoms with Gasteiger partial charge in [-0.15, -0.1) is 0 Å². The standard InChI is InChI=1S/C7H7Br3N2/c8-7(9,10)4-1-5(11)3-6(12)2-4/h1-3H,11-12H2. The van der Waals surface area contributed by atoms with E-state index in [0.29, 0.717) is 11.4 Å². The van der Waals surface area contributed by atoms with E-state index in [0.717, 1.165) is 5.56 Å². The lowest BCUT2D eigenvalue weighted by molar-refractivity contribution is 1.37.